The zero-order valence-electron chi connectivity index (χ0n) is 8.75. The van der Waals surface area contributed by atoms with Crippen molar-refractivity contribution >= 4 is 12.3 Å². The molecule has 0 heterocycles. The van der Waals surface area contributed by atoms with Crippen LogP contribution >= 0.6 is 0 Å². The van der Waals surface area contributed by atoms with Gasteiger partial charge in [0.1, 0.15) is 11.7 Å². The summed E-state index contributed by atoms with van der Waals surface area (Å²) in [4.78, 5) is 22.6. The molecule has 1 rings (SSSR count). The predicted molar refractivity (Wildman–Crippen MR) is 52.8 cm³/mol. The Morgan fingerprint density at radius 2 is 2.00 bits per heavy atom. The summed E-state index contributed by atoms with van der Waals surface area (Å²) in [6, 6.07) is 0. The Bertz CT molecular complexity index is 205. The molecule has 0 radical (unpaired) electrons. The van der Waals surface area contributed by atoms with Gasteiger partial charge in [-0.25, -0.2) is 0 Å². The summed E-state index contributed by atoms with van der Waals surface area (Å²) < 4.78 is 5.05. The number of hydrogen-bond donors (Lipinski definition) is 0. The number of rotatable bonds is 4. The normalized spacial score (nSPS) is 20.1. The molecule has 0 atom stereocenters. The van der Waals surface area contributed by atoms with Crippen LogP contribution in [0.4, 0.5) is 0 Å². The second-order valence-corrected chi connectivity index (χ2v) is 3.97. The zero-order valence-corrected chi connectivity index (χ0v) is 8.75. The highest BCUT2D eigenvalue weighted by atomic mass is 16.5. The van der Waals surface area contributed by atoms with E-state index in [9.17, 15) is 9.59 Å². The fraction of sp³-hybridized carbons (Fsp3) is 0.818. The summed E-state index contributed by atoms with van der Waals surface area (Å²) in [5.41, 5.74) is -0.812. The van der Waals surface area contributed by atoms with Gasteiger partial charge >= 0.3 is 5.97 Å². The van der Waals surface area contributed by atoms with E-state index in [4.69, 9.17) is 4.74 Å². The lowest BCUT2D eigenvalue weighted by atomic mass is 9.75. The van der Waals surface area contributed by atoms with Gasteiger partial charge in [-0.1, -0.05) is 26.2 Å². The molecule has 14 heavy (non-hydrogen) atoms. The Labute approximate surface area is 84.8 Å². The van der Waals surface area contributed by atoms with Gasteiger partial charge in [0.15, 0.2) is 0 Å². The number of carbonyl (C=O) groups is 2. The molecule has 1 aliphatic carbocycles. The van der Waals surface area contributed by atoms with E-state index in [1.54, 1.807) is 0 Å². The Balaban J connectivity index is 2.58. The van der Waals surface area contributed by atoms with Crippen molar-refractivity contribution in [2.24, 2.45) is 5.41 Å². The molecule has 1 fully saturated rings. The summed E-state index contributed by atoms with van der Waals surface area (Å²) in [7, 11) is 0. The van der Waals surface area contributed by atoms with Gasteiger partial charge in [0, 0.05) is 0 Å². The average molecular weight is 198 g/mol. The van der Waals surface area contributed by atoms with E-state index in [-0.39, 0.29) is 5.97 Å². The molecule has 3 heteroatoms. The van der Waals surface area contributed by atoms with Crippen LogP contribution < -0.4 is 0 Å². The third-order valence-electron chi connectivity index (χ3n) is 2.82. The number of carbonyl (C=O) groups excluding carboxylic acids is 2. The molecule has 0 aromatic carbocycles. The standard InChI is InChI=1S/C11H18O3/c1-2-8-14-10(13)11(9-12)6-4-3-5-7-11/h9H,2-8H2,1H3. The van der Waals surface area contributed by atoms with Gasteiger partial charge in [0.05, 0.1) is 6.61 Å². The molecule has 3 nitrogen and oxygen atoms in total. The quantitative estimate of drug-likeness (QED) is 0.394. The fourth-order valence-corrected chi connectivity index (χ4v) is 1.89. The van der Waals surface area contributed by atoms with Crippen molar-refractivity contribution in [2.45, 2.75) is 45.4 Å². The predicted octanol–water partition coefficient (Wildman–Crippen LogP) is 2.09. The van der Waals surface area contributed by atoms with Gasteiger partial charge < -0.3 is 9.53 Å². The highest BCUT2D eigenvalue weighted by molar-refractivity contribution is 5.93. The number of aldehydes is 1. The Hall–Kier alpha value is -0.860. The fourth-order valence-electron chi connectivity index (χ4n) is 1.89. The first-order valence-corrected chi connectivity index (χ1v) is 5.39. The van der Waals surface area contributed by atoms with Gasteiger partial charge in [-0.2, -0.15) is 0 Å². The van der Waals surface area contributed by atoms with Gasteiger partial charge in [0.2, 0.25) is 0 Å². The van der Waals surface area contributed by atoms with Crippen LogP contribution in [0.2, 0.25) is 0 Å². The van der Waals surface area contributed by atoms with Crippen LogP contribution in [0.3, 0.4) is 0 Å². The highest BCUT2D eigenvalue weighted by Crippen LogP contribution is 2.35. The second-order valence-electron chi connectivity index (χ2n) is 3.97. The number of esters is 1. The summed E-state index contributed by atoms with van der Waals surface area (Å²) in [5, 5.41) is 0. The topological polar surface area (TPSA) is 43.4 Å². The molecule has 0 aromatic rings. The van der Waals surface area contributed by atoms with E-state index in [0.717, 1.165) is 32.0 Å². The number of hydrogen-bond acceptors (Lipinski definition) is 3. The molecule has 0 unspecified atom stereocenters. The third kappa shape index (κ3) is 2.34. The summed E-state index contributed by atoms with van der Waals surface area (Å²) in [5.74, 6) is -0.311. The van der Waals surface area contributed by atoms with Gasteiger partial charge in [0.25, 0.3) is 0 Å². The summed E-state index contributed by atoms with van der Waals surface area (Å²) in [6.07, 6.45) is 5.97. The SMILES string of the molecule is CCCOC(=O)C1(C=O)CCCCC1. The minimum atomic E-state index is -0.812. The molecular weight excluding hydrogens is 180 g/mol. The van der Waals surface area contributed by atoms with Crippen molar-refractivity contribution < 1.29 is 14.3 Å². The van der Waals surface area contributed by atoms with Crippen LogP contribution in [-0.4, -0.2) is 18.9 Å². The minimum absolute atomic E-state index is 0.311. The van der Waals surface area contributed by atoms with E-state index in [1.807, 2.05) is 6.92 Å². The molecule has 80 valence electrons. The van der Waals surface area contributed by atoms with Gasteiger partial charge in [-0.15, -0.1) is 0 Å². The Morgan fingerprint density at radius 1 is 1.36 bits per heavy atom. The van der Waals surface area contributed by atoms with Crippen LogP contribution in [0.15, 0.2) is 0 Å². The van der Waals surface area contributed by atoms with Gasteiger partial charge in [-0.05, 0) is 19.3 Å². The Kier molecular flexibility index (Phi) is 4.11. The molecule has 0 aliphatic heterocycles. The molecule has 1 saturated carbocycles. The highest BCUT2D eigenvalue weighted by Gasteiger charge is 2.40. The lowest BCUT2D eigenvalue weighted by Crippen LogP contribution is -2.36. The molecule has 0 spiro atoms. The lowest BCUT2D eigenvalue weighted by Gasteiger charge is -2.29. The third-order valence-corrected chi connectivity index (χ3v) is 2.82. The van der Waals surface area contributed by atoms with Crippen LogP contribution in [-0.2, 0) is 14.3 Å². The molecule has 1 aliphatic rings. The maximum Gasteiger partial charge on any atom is 0.319 e. The van der Waals surface area contributed by atoms with Crippen molar-refractivity contribution in [2.75, 3.05) is 6.61 Å². The van der Waals surface area contributed by atoms with E-state index < -0.39 is 5.41 Å². The molecule has 0 bridgehead atoms. The average Bonchev–Trinajstić information content (AvgIpc) is 2.26. The smallest absolute Gasteiger partial charge is 0.319 e. The van der Waals surface area contributed by atoms with Crippen molar-refractivity contribution in [1.29, 1.82) is 0 Å². The van der Waals surface area contributed by atoms with E-state index in [1.165, 1.54) is 0 Å². The van der Waals surface area contributed by atoms with E-state index in [2.05, 4.69) is 0 Å². The summed E-state index contributed by atoms with van der Waals surface area (Å²) >= 11 is 0. The molecule has 0 aromatic heterocycles. The maximum absolute atomic E-state index is 11.7. The van der Waals surface area contributed by atoms with Crippen molar-refractivity contribution in [3.05, 3.63) is 0 Å². The first-order valence-electron chi connectivity index (χ1n) is 5.39. The molecule has 0 saturated heterocycles. The van der Waals surface area contributed by atoms with Crippen LogP contribution in [0, 0.1) is 5.41 Å². The molecule has 0 amide bonds. The zero-order chi connectivity index (χ0) is 10.4. The van der Waals surface area contributed by atoms with Crippen molar-refractivity contribution in [1.82, 2.24) is 0 Å². The second kappa shape index (κ2) is 5.13. The summed E-state index contributed by atoms with van der Waals surface area (Å²) in [6.45, 7) is 2.37. The largest absolute Gasteiger partial charge is 0.465 e. The molecule has 0 N–H and O–H groups in total. The first kappa shape index (κ1) is 11.2. The van der Waals surface area contributed by atoms with Crippen LogP contribution in [0.25, 0.3) is 0 Å². The van der Waals surface area contributed by atoms with Crippen molar-refractivity contribution in [3.8, 4) is 0 Å². The van der Waals surface area contributed by atoms with E-state index >= 15 is 0 Å². The number of ether oxygens (including phenoxy) is 1. The van der Waals surface area contributed by atoms with Crippen molar-refractivity contribution in [3.63, 3.8) is 0 Å². The van der Waals surface area contributed by atoms with Crippen LogP contribution in [0.1, 0.15) is 45.4 Å². The Morgan fingerprint density at radius 3 is 2.50 bits per heavy atom. The monoisotopic (exact) mass is 198 g/mol. The maximum atomic E-state index is 11.7. The van der Waals surface area contributed by atoms with E-state index in [0.29, 0.717) is 19.4 Å². The van der Waals surface area contributed by atoms with Crippen LogP contribution in [0.5, 0.6) is 0 Å². The lowest BCUT2D eigenvalue weighted by molar-refractivity contribution is -0.159. The van der Waals surface area contributed by atoms with Gasteiger partial charge in [-0.3, -0.25) is 4.79 Å². The molecular formula is C11H18O3. The first-order chi connectivity index (χ1) is 6.75. The minimum Gasteiger partial charge on any atom is -0.465 e.